The van der Waals surface area contributed by atoms with Crippen LogP contribution in [0.4, 0.5) is 0 Å². The number of carboxylic acids is 1. The number of aromatic nitrogens is 1. The number of nitrogens with zero attached hydrogens (tertiary/aromatic N) is 1. The molecule has 0 amide bonds. The number of halogens is 1. The molecule has 1 rings (SSSR count). The lowest BCUT2D eigenvalue weighted by molar-refractivity contribution is 0.0690. The van der Waals surface area contributed by atoms with Gasteiger partial charge in [-0.3, -0.25) is 0 Å². The van der Waals surface area contributed by atoms with Crippen LogP contribution in [0.2, 0.25) is 0 Å². The van der Waals surface area contributed by atoms with E-state index in [2.05, 4.69) is 26.6 Å². The first kappa shape index (κ1) is 11.1. The van der Waals surface area contributed by atoms with E-state index in [4.69, 9.17) is 5.11 Å². The number of hydrogen-bond acceptors (Lipinski definition) is 3. The zero-order valence-corrected chi connectivity index (χ0v) is 8.08. The Balaban J connectivity index is 0.000000561. The van der Waals surface area contributed by atoms with Crippen LogP contribution in [0.15, 0.2) is 22.8 Å². The maximum Gasteiger partial charge on any atom is 0.354 e. The largest absolute Gasteiger partial charge is 0.477 e. The highest BCUT2D eigenvalue weighted by molar-refractivity contribution is 9.10. The van der Waals surface area contributed by atoms with Gasteiger partial charge in [-0.05, 0) is 35.1 Å². The second-order valence-corrected chi connectivity index (χ2v) is 2.58. The zero-order chi connectivity index (χ0) is 9.56. The minimum Gasteiger partial charge on any atom is -0.477 e. The first-order chi connectivity index (χ1) is 5.70. The fraction of sp³-hybridized carbons (Fsp3) is 0.143. The first-order valence-corrected chi connectivity index (χ1v) is 3.92. The third-order valence-electron chi connectivity index (χ3n) is 0.947. The Kier molecular flexibility index (Phi) is 5.23. The Morgan fingerprint density at radius 3 is 2.50 bits per heavy atom. The third-order valence-corrected chi connectivity index (χ3v) is 1.42. The number of nitrogens with two attached hydrogens (primary N) is 1. The van der Waals surface area contributed by atoms with Gasteiger partial charge in [0.1, 0.15) is 5.69 Å². The van der Waals surface area contributed by atoms with Gasteiger partial charge < -0.3 is 10.8 Å². The van der Waals surface area contributed by atoms with Gasteiger partial charge in [-0.1, -0.05) is 0 Å². The minimum atomic E-state index is -1.01. The van der Waals surface area contributed by atoms with E-state index in [9.17, 15) is 4.79 Å². The van der Waals surface area contributed by atoms with Gasteiger partial charge >= 0.3 is 5.97 Å². The highest BCUT2D eigenvalue weighted by atomic mass is 79.9. The van der Waals surface area contributed by atoms with Crippen LogP contribution in [-0.2, 0) is 0 Å². The van der Waals surface area contributed by atoms with Crippen LogP contribution < -0.4 is 5.73 Å². The third kappa shape index (κ3) is 3.45. The maximum atomic E-state index is 10.2. The van der Waals surface area contributed by atoms with Gasteiger partial charge in [0.2, 0.25) is 0 Å². The van der Waals surface area contributed by atoms with Crippen LogP contribution in [0.25, 0.3) is 0 Å². The molecular formula is C7H9BrN2O2. The molecule has 0 fully saturated rings. The Morgan fingerprint density at radius 1 is 1.58 bits per heavy atom. The molecule has 1 aromatic heterocycles. The van der Waals surface area contributed by atoms with Crippen molar-refractivity contribution in [3.63, 3.8) is 0 Å². The SMILES string of the molecule is CN.O=C(O)c1ccc(Br)cn1. The van der Waals surface area contributed by atoms with Crippen LogP contribution >= 0.6 is 15.9 Å². The first-order valence-electron chi connectivity index (χ1n) is 3.13. The summed E-state index contributed by atoms with van der Waals surface area (Å²) in [5.74, 6) is -1.01. The molecular weight excluding hydrogens is 224 g/mol. The lowest BCUT2D eigenvalue weighted by atomic mass is 10.4. The highest BCUT2D eigenvalue weighted by Crippen LogP contribution is 2.06. The van der Waals surface area contributed by atoms with Gasteiger partial charge in [0.05, 0.1) is 0 Å². The number of rotatable bonds is 1. The Labute approximate surface area is 78.5 Å². The molecule has 0 saturated heterocycles. The molecule has 4 nitrogen and oxygen atoms in total. The Bertz CT molecular complexity index is 248. The number of pyridine rings is 1. The van der Waals surface area contributed by atoms with Crippen LogP contribution in [0.1, 0.15) is 10.5 Å². The van der Waals surface area contributed by atoms with Gasteiger partial charge in [0.15, 0.2) is 0 Å². The molecule has 0 saturated carbocycles. The van der Waals surface area contributed by atoms with Crippen LogP contribution in [0.3, 0.4) is 0 Å². The smallest absolute Gasteiger partial charge is 0.354 e. The molecule has 0 radical (unpaired) electrons. The summed E-state index contributed by atoms with van der Waals surface area (Å²) in [5, 5.41) is 8.40. The van der Waals surface area contributed by atoms with Gasteiger partial charge in [-0.15, -0.1) is 0 Å². The van der Waals surface area contributed by atoms with E-state index in [1.807, 2.05) is 0 Å². The van der Waals surface area contributed by atoms with E-state index >= 15 is 0 Å². The molecule has 0 unspecified atom stereocenters. The quantitative estimate of drug-likeness (QED) is 0.761. The number of hydrogen-bond donors (Lipinski definition) is 2. The fourth-order valence-electron chi connectivity index (χ4n) is 0.502. The minimum absolute atomic E-state index is 0.0585. The summed E-state index contributed by atoms with van der Waals surface area (Å²) in [5.41, 5.74) is 4.56. The molecule has 12 heavy (non-hydrogen) atoms. The van der Waals surface area contributed by atoms with Crippen molar-refractivity contribution in [2.75, 3.05) is 7.05 Å². The van der Waals surface area contributed by atoms with Crippen molar-refractivity contribution in [3.05, 3.63) is 28.5 Å². The normalized spacial score (nSPS) is 8.25. The highest BCUT2D eigenvalue weighted by Gasteiger charge is 2.01. The molecule has 0 aromatic carbocycles. The van der Waals surface area contributed by atoms with Crippen LogP contribution in [0, 0.1) is 0 Å². The second kappa shape index (κ2) is 5.68. The molecule has 0 aliphatic carbocycles. The average Bonchev–Trinajstić information content (AvgIpc) is 2.09. The van der Waals surface area contributed by atoms with Crippen molar-refractivity contribution >= 4 is 21.9 Å². The number of aromatic carboxylic acids is 1. The topological polar surface area (TPSA) is 76.2 Å². The van der Waals surface area contributed by atoms with E-state index in [0.717, 1.165) is 4.47 Å². The summed E-state index contributed by atoms with van der Waals surface area (Å²) in [4.78, 5) is 13.9. The van der Waals surface area contributed by atoms with E-state index in [1.165, 1.54) is 19.3 Å². The maximum absolute atomic E-state index is 10.2. The molecule has 0 spiro atoms. The summed E-state index contributed by atoms with van der Waals surface area (Å²) in [7, 11) is 1.50. The summed E-state index contributed by atoms with van der Waals surface area (Å²) >= 11 is 3.14. The van der Waals surface area contributed by atoms with Crippen molar-refractivity contribution in [2.45, 2.75) is 0 Å². The van der Waals surface area contributed by atoms with E-state index in [1.54, 1.807) is 6.07 Å². The van der Waals surface area contributed by atoms with Gasteiger partial charge in [-0.25, -0.2) is 9.78 Å². The molecule has 0 aliphatic rings. The van der Waals surface area contributed by atoms with Crippen molar-refractivity contribution < 1.29 is 9.90 Å². The number of carboxylic acid groups (broad SMARTS) is 1. The van der Waals surface area contributed by atoms with Crippen LogP contribution in [0.5, 0.6) is 0 Å². The predicted molar refractivity (Wildman–Crippen MR) is 49.0 cm³/mol. The average molecular weight is 233 g/mol. The van der Waals surface area contributed by atoms with Gasteiger partial charge in [0.25, 0.3) is 0 Å². The zero-order valence-electron chi connectivity index (χ0n) is 6.49. The molecule has 3 N–H and O–H groups in total. The van der Waals surface area contributed by atoms with Gasteiger partial charge in [-0.2, -0.15) is 0 Å². The molecule has 0 aliphatic heterocycles. The van der Waals surface area contributed by atoms with E-state index < -0.39 is 5.97 Å². The van der Waals surface area contributed by atoms with E-state index in [-0.39, 0.29) is 5.69 Å². The summed E-state index contributed by atoms with van der Waals surface area (Å²) in [6, 6.07) is 3.07. The van der Waals surface area contributed by atoms with Crippen molar-refractivity contribution in [1.29, 1.82) is 0 Å². The molecule has 0 bridgehead atoms. The molecule has 66 valence electrons. The van der Waals surface area contributed by atoms with Crippen molar-refractivity contribution in [2.24, 2.45) is 5.73 Å². The van der Waals surface area contributed by atoms with Gasteiger partial charge in [0, 0.05) is 10.7 Å². The number of carbonyl (C=O) groups is 1. The van der Waals surface area contributed by atoms with E-state index in [0.29, 0.717) is 0 Å². The predicted octanol–water partition coefficient (Wildman–Crippen LogP) is 1.12. The molecule has 5 heteroatoms. The lowest BCUT2D eigenvalue weighted by Crippen LogP contribution is -1.98. The Morgan fingerprint density at radius 2 is 2.17 bits per heavy atom. The lowest BCUT2D eigenvalue weighted by Gasteiger charge is -1.90. The summed E-state index contributed by atoms with van der Waals surface area (Å²) in [6.07, 6.45) is 1.45. The molecule has 0 atom stereocenters. The molecule has 1 aromatic rings. The fourth-order valence-corrected chi connectivity index (χ4v) is 0.737. The van der Waals surface area contributed by atoms with Crippen molar-refractivity contribution in [3.8, 4) is 0 Å². The standard InChI is InChI=1S/C6H4BrNO2.CH5N/c7-4-1-2-5(6(9)10)8-3-4;1-2/h1-3H,(H,9,10);2H2,1H3. The Hall–Kier alpha value is -0.940. The monoisotopic (exact) mass is 232 g/mol. The molecule has 1 heterocycles. The summed E-state index contributed by atoms with van der Waals surface area (Å²) < 4.78 is 0.775. The van der Waals surface area contributed by atoms with Crippen molar-refractivity contribution in [1.82, 2.24) is 4.98 Å². The van der Waals surface area contributed by atoms with Crippen LogP contribution in [-0.4, -0.2) is 23.1 Å². The second-order valence-electron chi connectivity index (χ2n) is 1.67. The summed E-state index contributed by atoms with van der Waals surface area (Å²) in [6.45, 7) is 0.